The van der Waals surface area contributed by atoms with Crippen molar-refractivity contribution in [2.75, 3.05) is 36.9 Å². The summed E-state index contributed by atoms with van der Waals surface area (Å²) in [5.74, 6) is -0.0835. The van der Waals surface area contributed by atoms with E-state index in [0.717, 1.165) is 25.3 Å². The summed E-state index contributed by atoms with van der Waals surface area (Å²) in [6, 6.07) is 5.87. The van der Waals surface area contributed by atoms with Crippen LogP contribution in [0.5, 0.6) is 0 Å². The van der Waals surface area contributed by atoms with Crippen molar-refractivity contribution < 1.29 is 9.53 Å². The fourth-order valence-electron chi connectivity index (χ4n) is 2.53. The van der Waals surface area contributed by atoms with Crippen LogP contribution in [0.25, 0.3) is 0 Å². The molecule has 1 aliphatic heterocycles. The zero-order chi connectivity index (χ0) is 14.5. The van der Waals surface area contributed by atoms with Crippen molar-refractivity contribution in [2.24, 2.45) is 0 Å². The van der Waals surface area contributed by atoms with Crippen LogP contribution in [-0.2, 0) is 4.74 Å². The second-order valence-electron chi connectivity index (χ2n) is 4.96. The minimum atomic E-state index is -0.0835. The van der Waals surface area contributed by atoms with Crippen molar-refractivity contribution in [3.05, 3.63) is 23.8 Å². The fourth-order valence-corrected chi connectivity index (χ4v) is 2.53. The highest BCUT2D eigenvalue weighted by molar-refractivity contribution is 5.96. The number of amides is 1. The summed E-state index contributed by atoms with van der Waals surface area (Å²) in [5.41, 5.74) is 8.39. The van der Waals surface area contributed by atoms with E-state index in [-0.39, 0.29) is 5.91 Å². The lowest BCUT2D eigenvalue weighted by molar-refractivity contribution is 0.0929. The third-order valence-corrected chi connectivity index (χ3v) is 3.64. The van der Waals surface area contributed by atoms with Crippen molar-refractivity contribution in [3.63, 3.8) is 0 Å². The molecule has 0 bridgehead atoms. The number of anilines is 2. The molecular weight excluding hydrogens is 254 g/mol. The first-order valence-electron chi connectivity index (χ1n) is 7.19. The second kappa shape index (κ2) is 6.61. The molecule has 1 atom stereocenters. The molecule has 1 aromatic carbocycles. The molecule has 0 aliphatic carbocycles. The smallest absolute Gasteiger partial charge is 0.251 e. The predicted octanol–water partition coefficient (Wildman–Crippen LogP) is 1.63. The molecule has 3 N–H and O–H groups in total. The number of ether oxygens (including phenoxy) is 1. The number of carbonyl (C=O) groups excluding carboxylic acids is 1. The topological polar surface area (TPSA) is 67.6 Å². The summed E-state index contributed by atoms with van der Waals surface area (Å²) >= 11 is 0. The zero-order valence-electron chi connectivity index (χ0n) is 12.2. The number of nitrogen functional groups attached to an aromatic ring is 1. The standard InChI is InChI=1S/C15H23N3O2/c1-3-12-10-20-8-7-18(12)14-6-5-11(9-13(14)16)15(19)17-4-2/h5-6,9,12H,3-4,7-8,10,16H2,1-2H3,(H,17,19). The van der Waals surface area contributed by atoms with Crippen molar-refractivity contribution in [3.8, 4) is 0 Å². The average Bonchev–Trinajstić information content (AvgIpc) is 2.47. The summed E-state index contributed by atoms with van der Waals surface area (Å²) in [6.45, 7) is 6.94. The molecular formula is C15H23N3O2. The molecule has 5 nitrogen and oxygen atoms in total. The van der Waals surface area contributed by atoms with E-state index in [0.29, 0.717) is 30.4 Å². The lowest BCUT2D eigenvalue weighted by Crippen LogP contribution is -2.45. The van der Waals surface area contributed by atoms with Crippen LogP contribution in [0.2, 0.25) is 0 Å². The predicted molar refractivity (Wildman–Crippen MR) is 81.1 cm³/mol. The Bertz CT molecular complexity index is 476. The maximum Gasteiger partial charge on any atom is 0.251 e. The Balaban J connectivity index is 2.22. The third kappa shape index (κ3) is 3.04. The number of morpholine rings is 1. The highest BCUT2D eigenvalue weighted by atomic mass is 16.5. The monoisotopic (exact) mass is 277 g/mol. The van der Waals surface area contributed by atoms with E-state index in [9.17, 15) is 4.79 Å². The van der Waals surface area contributed by atoms with Crippen LogP contribution in [0.3, 0.4) is 0 Å². The first-order chi connectivity index (χ1) is 9.67. The lowest BCUT2D eigenvalue weighted by Gasteiger charge is -2.37. The van der Waals surface area contributed by atoms with Gasteiger partial charge in [-0.15, -0.1) is 0 Å². The summed E-state index contributed by atoms with van der Waals surface area (Å²) in [4.78, 5) is 14.1. The quantitative estimate of drug-likeness (QED) is 0.821. The number of hydrogen-bond acceptors (Lipinski definition) is 4. The summed E-state index contributed by atoms with van der Waals surface area (Å²) in [6.07, 6.45) is 1.01. The van der Waals surface area contributed by atoms with Gasteiger partial charge in [-0.05, 0) is 31.5 Å². The van der Waals surface area contributed by atoms with Gasteiger partial charge in [0.1, 0.15) is 0 Å². The van der Waals surface area contributed by atoms with Gasteiger partial charge in [0.25, 0.3) is 5.91 Å². The van der Waals surface area contributed by atoms with Crippen molar-refractivity contribution in [2.45, 2.75) is 26.3 Å². The number of carbonyl (C=O) groups is 1. The average molecular weight is 277 g/mol. The van der Waals surface area contributed by atoms with Crippen LogP contribution in [-0.4, -0.2) is 38.3 Å². The SMILES string of the molecule is CCNC(=O)c1ccc(N2CCOCC2CC)c(N)c1. The molecule has 1 aliphatic rings. The highest BCUT2D eigenvalue weighted by Gasteiger charge is 2.23. The van der Waals surface area contributed by atoms with Crippen molar-refractivity contribution in [1.82, 2.24) is 5.32 Å². The number of rotatable bonds is 4. The minimum Gasteiger partial charge on any atom is -0.397 e. The zero-order valence-corrected chi connectivity index (χ0v) is 12.2. The molecule has 1 heterocycles. The maximum atomic E-state index is 11.8. The van der Waals surface area contributed by atoms with E-state index in [2.05, 4.69) is 17.1 Å². The number of benzene rings is 1. The van der Waals surface area contributed by atoms with Gasteiger partial charge in [-0.2, -0.15) is 0 Å². The van der Waals surface area contributed by atoms with Crippen LogP contribution in [0.15, 0.2) is 18.2 Å². The van der Waals surface area contributed by atoms with Crippen LogP contribution in [0.1, 0.15) is 30.6 Å². The van der Waals surface area contributed by atoms with Crippen molar-refractivity contribution >= 4 is 17.3 Å². The third-order valence-electron chi connectivity index (χ3n) is 3.64. The molecule has 2 rings (SSSR count). The molecule has 110 valence electrons. The van der Waals surface area contributed by atoms with Crippen LogP contribution in [0, 0.1) is 0 Å². The van der Waals surface area contributed by atoms with E-state index in [1.807, 2.05) is 19.1 Å². The largest absolute Gasteiger partial charge is 0.397 e. The molecule has 0 saturated carbocycles. The fraction of sp³-hybridized carbons (Fsp3) is 0.533. The maximum absolute atomic E-state index is 11.8. The number of nitrogens with one attached hydrogen (secondary N) is 1. The molecule has 1 fully saturated rings. The highest BCUT2D eigenvalue weighted by Crippen LogP contribution is 2.28. The number of hydrogen-bond donors (Lipinski definition) is 2. The van der Waals surface area contributed by atoms with E-state index < -0.39 is 0 Å². The van der Waals surface area contributed by atoms with Crippen LogP contribution < -0.4 is 16.0 Å². The van der Waals surface area contributed by atoms with Gasteiger partial charge in [-0.1, -0.05) is 6.92 Å². The Kier molecular flexibility index (Phi) is 4.84. The molecule has 1 amide bonds. The lowest BCUT2D eigenvalue weighted by atomic mass is 10.1. The van der Waals surface area contributed by atoms with E-state index in [1.165, 1.54) is 0 Å². The van der Waals surface area contributed by atoms with Crippen LogP contribution >= 0.6 is 0 Å². The molecule has 1 saturated heterocycles. The Morgan fingerprint density at radius 3 is 2.95 bits per heavy atom. The summed E-state index contributed by atoms with van der Waals surface area (Å²) in [5, 5.41) is 2.78. The van der Waals surface area contributed by atoms with Gasteiger partial charge in [0.05, 0.1) is 30.6 Å². The first kappa shape index (κ1) is 14.7. The Labute approximate surface area is 120 Å². The summed E-state index contributed by atoms with van der Waals surface area (Å²) in [7, 11) is 0. The van der Waals surface area contributed by atoms with E-state index in [4.69, 9.17) is 10.5 Å². The van der Waals surface area contributed by atoms with E-state index in [1.54, 1.807) is 6.07 Å². The van der Waals surface area contributed by atoms with Gasteiger partial charge < -0.3 is 20.7 Å². The molecule has 0 spiro atoms. The van der Waals surface area contributed by atoms with Gasteiger partial charge in [-0.3, -0.25) is 4.79 Å². The normalized spacial score (nSPS) is 18.9. The van der Waals surface area contributed by atoms with Crippen LogP contribution in [0.4, 0.5) is 11.4 Å². The van der Waals surface area contributed by atoms with Gasteiger partial charge in [0.15, 0.2) is 0 Å². The Hall–Kier alpha value is -1.75. The molecule has 5 heteroatoms. The van der Waals surface area contributed by atoms with Gasteiger partial charge in [0, 0.05) is 18.7 Å². The second-order valence-corrected chi connectivity index (χ2v) is 4.96. The Morgan fingerprint density at radius 1 is 1.50 bits per heavy atom. The van der Waals surface area contributed by atoms with Crippen molar-refractivity contribution in [1.29, 1.82) is 0 Å². The summed E-state index contributed by atoms with van der Waals surface area (Å²) < 4.78 is 5.51. The molecule has 1 aromatic rings. The number of nitrogens with two attached hydrogens (primary N) is 1. The van der Waals surface area contributed by atoms with Gasteiger partial charge in [0.2, 0.25) is 0 Å². The van der Waals surface area contributed by atoms with Gasteiger partial charge >= 0.3 is 0 Å². The van der Waals surface area contributed by atoms with Gasteiger partial charge in [-0.25, -0.2) is 0 Å². The number of nitrogens with zero attached hydrogens (tertiary/aromatic N) is 1. The molecule has 20 heavy (non-hydrogen) atoms. The minimum absolute atomic E-state index is 0.0835. The first-order valence-corrected chi connectivity index (χ1v) is 7.19. The van der Waals surface area contributed by atoms with E-state index >= 15 is 0 Å². The molecule has 0 radical (unpaired) electrons. The molecule has 0 aromatic heterocycles. The Morgan fingerprint density at radius 2 is 2.30 bits per heavy atom. The molecule has 1 unspecified atom stereocenters.